The van der Waals surface area contributed by atoms with Gasteiger partial charge in [-0.05, 0) is 45.6 Å². The van der Waals surface area contributed by atoms with E-state index in [1.165, 1.54) is 31.4 Å². The molecule has 1 unspecified atom stereocenters. The average Bonchev–Trinajstić information content (AvgIpc) is 2.88. The number of imidazole rings is 1. The van der Waals surface area contributed by atoms with Crippen molar-refractivity contribution in [2.75, 3.05) is 13.6 Å². The number of hydrogen-bond acceptors (Lipinski definition) is 3. The van der Waals surface area contributed by atoms with Gasteiger partial charge in [0.05, 0.1) is 18.1 Å². The largest absolute Gasteiger partial charge is 0.333 e. The van der Waals surface area contributed by atoms with Gasteiger partial charge in [-0.3, -0.25) is 4.90 Å². The monoisotopic (exact) mass is 264 g/mol. The maximum atomic E-state index is 6.04. The lowest BCUT2D eigenvalue weighted by atomic mass is 9.86. The predicted octanol–water partition coefficient (Wildman–Crippen LogP) is 2.41. The van der Waals surface area contributed by atoms with Crippen LogP contribution in [0.4, 0.5) is 0 Å². The van der Waals surface area contributed by atoms with E-state index in [1.54, 1.807) is 0 Å². The van der Waals surface area contributed by atoms with Crippen LogP contribution < -0.4 is 5.73 Å². The summed E-state index contributed by atoms with van der Waals surface area (Å²) in [5.41, 5.74) is 7.30. The Bertz CT molecular complexity index is 379. The average molecular weight is 264 g/mol. The third kappa shape index (κ3) is 3.18. The standard InChI is InChI=1S/C15H28N4/c1-4-19-11-17-10-15(19)14(9-16)18(3)13-7-5-12(2)6-8-13/h10-14H,4-9,16H2,1-3H3. The van der Waals surface area contributed by atoms with Crippen LogP contribution in [0.3, 0.4) is 0 Å². The first-order valence-corrected chi connectivity index (χ1v) is 7.59. The summed E-state index contributed by atoms with van der Waals surface area (Å²) in [6, 6.07) is 0.964. The van der Waals surface area contributed by atoms with Gasteiger partial charge in [-0.1, -0.05) is 6.92 Å². The van der Waals surface area contributed by atoms with E-state index in [1.807, 2.05) is 12.5 Å². The molecule has 0 aromatic carbocycles. The van der Waals surface area contributed by atoms with Crippen LogP contribution in [0.25, 0.3) is 0 Å². The van der Waals surface area contributed by atoms with E-state index in [2.05, 4.69) is 35.3 Å². The Kier molecular flexibility index (Phi) is 4.99. The number of hydrogen-bond donors (Lipinski definition) is 1. The molecule has 1 aromatic rings. The Labute approximate surface area is 117 Å². The lowest BCUT2D eigenvalue weighted by Crippen LogP contribution is -2.41. The summed E-state index contributed by atoms with van der Waals surface area (Å²) in [5.74, 6) is 0.891. The molecule has 1 atom stereocenters. The van der Waals surface area contributed by atoms with E-state index in [0.29, 0.717) is 18.6 Å². The lowest BCUT2D eigenvalue weighted by molar-refractivity contribution is 0.122. The zero-order chi connectivity index (χ0) is 13.8. The smallest absolute Gasteiger partial charge is 0.0948 e. The van der Waals surface area contributed by atoms with E-state index in [4.69, 9.17) is 5.73 Å². The summed E-state index contributed by atoms with van der Waals surface area (Å²) in [7, 11) is 2.23. The molecule has 0 saturated heterocycles. The molecule has 1 saturated carbocycles. The highest BCUT2D eigenvalue weighted by atomic mass is 15.2. The van der Waals surface area contributed by atoms with Crippen molar-refractivity contribution in [2.45, 2.75) is 58.2 Å². The Morgan fingerprint density at radius 2 is 2.11 bits per heavy atom. The number of nitrogens with two attached hydrogens (primary N) is 1. The molecule has 0 aliphatic heterocycles. The molecule has 2 N–H and O–H groups in total. The number of likely N-dealkylation sites (N-methyl/N-ethyl adjacent to an activating group) is 1. The van der Waals surface area contributed by atoms with E-state index in [9.17, 15) is 0 Å². The van der Waals surface area contributed by atoms with Crippen molar-refractivity contribution >= 4 is 0 Å². The molecular weight excluding hydrogens is 236 g/mol. The molecule has 0 radical (unpaired) electrons. The van der Waals surface area contributed by atoms with Crippen LogP contribution >= 0.6 is 0 Å². The van der Waals surface area contributed by atoms with Gasteiger partial charge in [-0.2, -0.15) is 0 Å². The van der Waals surface area contributed by atoms with E-state index >= 15 is 0 Å². The molecule has 4 nitrogen and oxygen atoms in total. The molecule has 2 rings (SSSR count). The van der Waals surface area contributed by atoms with Crippen LogP contribution in [0.15, 0.2) is 12.5 Å². The summed E-state index contributed by atoms with van der Waals surface area (Å²) in [5, 5.41) is 0. The molecule has 1 aromatic heterocycles. The zero-order valence-electron chi connectivity index (χ0n) is 12.5. The summed E-state index contributed by atoms with van der Waals surface area (Å²) in [6.45, 7) is 6.14. The number of aromatic nitrogens is 2. The quantitative estimate of drug-likeness (QED) is 0.888. The van der Waals surface area contributed by atoms with Crippen molar-refractivity contribution in [3.63, 3.8) is 0 Å². The molecule has 108 valence electrons. The molecule has 1 fully saturated rings. The van der Waals surface area contributed by atoms with Crippen molar-refractivity contribution in [3.05, 3.63) is 18.2 Å². The highest BCUT2D eigenvalue weighted by molar-refractivity contribution is 5.07. The predicted molar refractivity (Wildman–Crippen MR) is 78.9 cm³/mol. The summed E-state index contributed by atoms with van der Waals surface area (Å²) in [6.07, 6.45) is 9.18. The van der Waals surface area contributed by atoms with Crippen molar-refractivity contribution in [3.8, 4) is 0 Å². The SMILES string of the molecule is CCn1cncc1C(CN)N(C)C1CCC(C)CC1. The van der Waals surface area contributed by atoms with Crippen LogP contribution in [0.5, 0.6) is 0 Å². The highest BCUT2D eigenvalue weighted by Crippen LogP contribution is 2.30. The van der Waals surface area contributed by atoms with Crippen LogP contribution in [0, 0.1) is 5.92 Å². The molecule has 1 aliphatic carbocycles. The van der Waals surface area contributed by atoms with Gasteiger partial charge in [-0.15, -0.1) is 0 Å². The molecule has 1 heterocycles. The van der Waals surface area contributed by atoms with Crippen LogP contribution in [0.1, 0.15) is 51.3 Å². The second kappa shape index (κ2) is 6.53. The second-order valence-corrected chi connectivity index (χ2v) is 5.94. The van der Waals surface area contributed by atoms with Gasteiger partial charge in [0.15, 0.2) is 0 Å². The highest BCUT2D eigenvalue weighted by Gasteiger charge is 2.28. The van der Waals surface area contributed by atoms with Crippen LogP contribution in [-0.2, 0) is 6.54 Å². The Hall–Kier alpha value is -0.870. The van der Waals surface area contributed by atoms with E-state index < -0.39 is 0 Å². The third-order valence-corrected chi connectivity index (χ3v) is 4.70. The fraction of sp³-hybridized carbons (Fsp3) is 0.800. The van der Waals surface area contributed by atoms with Gasteiger partial charge >= 0.3 is 0 Å². The van der Waals surface area contributed by atoms with Crippen molar-refractivity contribution < 1.29 is 0 Å². The summed E-state index contributed by atoms with van der Waals surface area (Å²) >= 11 is 0. The maximum absolute atomic E-state index is 6.04. The fourth-order valence-electron chi connectivity index (χ4n) is 3.27. The molecule has 4 heteroatoms. The lowest BCUT2D eigenvalue weighted by Gasteiger charge is -2.38. The molecule has 19 heavy (non-hydrogen) atoms. The van der Waals surface area contributed by atoms with E-state index in [-0.39, 0.29) is 0 Å². The summed E-state index contributed by atoms with van der Waals surface area (Å²) in [4.78, 5) is 6.76. The second-order valence-electron chi connectivity index (χ2n) is 5.94. The number of rotatable bonds is 5. The molecule has 0 spiro atoms. The first-order chi connectivity index (χ1) is 9.17. The van der Waals surface area contributed by atoms with Crippen LogP contribution in [0.2, 0.25) is 0 Å². The van der Waals surface area contributed by atoms with Gasteiger partial charge in [0.1, 0.15) is 0 Å². The molecular formula is C15H28N4. The number of aryl methyl sites for hydroxylation is 1. The normalized spacial score (nSPS) is 25.7. The van der Waals surface area contributed by atoms with Crippen molar-refractivity contribution in [1.29, 1.82) is 0 Å². The molecule has 0 bridgehead atoms. The first-order valence-electron chi connectivity index (χ1n) is 7.59. The molecule has 1 aliphatic rings. The number of nitrogens with zero attached hydrogens (tertiary/aromatic N) is 3. The minimum atomic E-state index is 0.292. The van der Waals surface area contributed by atoms with Gasteiger partial charge < -0.3 is 10.3 Å². The minimum Gasteiger partial charge on any atom is -0.333 e. The fourth-order valence-corrected chi connectivity index (χ4v) is 3.27. The maximum Gasteiger partial charge on any atom is 0.0948 e. The Balaban J connectivity index is 2.08. The summed E-state index contributed by atoms with van der Waals surface area (Å²) < 4.78 is 2.21. The Morgan fingerprint density at radius 3 is 2.68 bits per heavy atom. The third-order valence-electron chi connectivity index (χ3n) is 4.70. The van der Waals surface area contributed by atoms with Gasteiger partial charge in [0.25, 0.3) is 0 Å². The minimum absolute atomic E-state index is 0.292. The van der Waals surface area contributed by atoms with Crippen molar-refractivity contribution in [2.24, 2.45) is 11.7 Å². The first kappa shape index (κ1) is 14.5. The molecule has 0 amide bonds. The van der Waals surface area contributed by atoms with E-state index in [0.717, 1.165) is 12.5 Å². The topological polar surface area (TPSA) is 47.1 Å². The van der Waals surface area contributed by atoms with Crippen LogP contribution in [-0.4, -0.2) is 34.1 Å². The Morgan fingerprint density at radius 1 is 1.42 bits per heavy atom. The van der Waals surface area contributed by atoms with Gasteiger partial charge in [-0.25, -0.2) is 4.98 Å². The zero-order valence-corrected chi connectivity index (χ0v) is 12.5. The van der Waals surface area contributed by atoms with Gasteiger partial charge in [0.2, 0.25) is 0 Å². The van der Waals surface area contributed by atoms with Crippen molar-refractivity contribution in [1.82, 2.24) is 14.5 Å². The van der Waals surface area contributed by atoms with Gasteiger partial charge in [0, 0.05) is 25.3 Å².